The standard InChI is InChI=1S/C23H26FN5O/c1-17-14-21(18(2)29(17)15-19-4-6-20(24)7-5-19)22(30)16-27-10-12-28(13-11-27)23-25-8-3-9-26-23/h3-9,14H,10-13,15-16H2,1-2H3. The van der Waals surface area contributed by atoms with Crippen molar-refractivity contribution in [2.45, 2.75) is 20.4 Å². The van der Waals surface area contributed by atoms with E-state index in [0.717, 1.165) is 54.6 Å². The van der Waals surface area contributed by atoms with E-state index < -0.39 is 0 Å². The lowest BCUT2D eigenvalue weighted by Crippen LogP contribution is -2.48. The van der Waals surface area contributed by atoms with Crippen molar-refractivity contribution in [1.29, 1.82) is 0 Å². The van der Waals surface area contributed by atoms with Crippen LogP contribution in [0.1, 0.15) is 27.3 Å². The number of aryl methyl sites for hydroxylation is 1. The van der Waals surface area contributed by atoms with Crippen molar-refractivity contribution in [3.8, 4) is 0 Å². The van der Waals surface area contributed by atoms with E-state index >= 15 is 0 Å². The summed E-state index contributed by atoms with van der Waals surface area (Å²) in [4.78, 5) is 26.0. The molecule has 0 bridgehead atoms. The molecule has 30 heavy (non-hydrogen) atoms. The number of carbonyl (C=O) groups is 1. The number of rotatable bonds is 6. The predicted molar refractivity (Wildman–Crippen MR) is 114 cm³/mol. The van der Waals surface area contributed by atoms with Gasteiger partial charge in [-0.2, -0.15) is 0 Å². The van der Waals surface area contributed by atoms with Crippen LogP contribution < -0.4 is 4.90 Å². The van der Waals surface area contributed by atoms with E-state index in [2.05, 4.69) is 24.3 Å². The molecule has 0 atom stereocenters. The third-order valence-electron chi connectivity index (χ3n) is 5.70. The van der Waals surface area contributed by atoms with Crippen molar-refractivity contribution in [1.82, 2.24) is 19.4 Å². The number of Topliss-reactive ketones (excluding diaryl/α,β-unsaturated/α-hetero) is 1. The lowest BCUT2D eigenvalue weighted by Gasteiger charge is -2.34. The first-order chi connectivity index (χ1) is 14.5. The fraction of sp³-hybridized carbons (Fsp3) is 0.348. The summed E-state index contributed by atoms with van der Waals surface area (Å²) in [6, 6.07) is 10.3. The highest BCUT2D eigenvalue weighted by Gasteiger charge is 2.23. The van der Waals surface area contributed by atoms with Gasteiger partial charge in [0, 0.05) is 62.1 Å². The van der Waals surface area contributed by atoms with Crippen molar-refractivity contribution in [3.05, 3.63) is 77.1 Å². The smallest absolute Gasteiger partial charge is 0.225 e. The van der Waals surface area contributed by atoms with Crippen LogP contribution in [0.4, 0.5) is 10.3 Å². The largest absolute Gasteiger partial charge is 0.344 e. The molecule has 1 saturated heterocycles. The maximum Gasteiger partial charge on any atom is 0.225 e. The Morgan fingerprint density at radius 1 is 1.03 bits per heavy atom. The summed E-state index contributed by atoms with van der Waals surface area (Å²) < 4.78 is 15.3. The number of ketones is 1. The van der Waals surface area contributed by atoms with Crippen LogP contribution in [0.15, 0.2) is 48.8 Å². The second kappa shape index (κ2) is 8.75. The van der Waals surface area contributed by atoms with E-state index in [1.54, 1.807) is 24.5 Å². The van der Waals surface area contributed by atoms with Crippen molar-refractivity contribution >= 4 is 11.7 Å². The summed E-state index contributed by atoms with van der Waals surface area (Å²) in [7, 11) is 0. The molecule has 1 aliphatic heterocycles. The highest BCUT2D eigenvalue weighted by atomic mass is 19.1. The Balaban J connectivity index is 1.39. The molecule has 0 spiro atoms. The SMILES string of the molecule is Cc1cc(C(=O)CN2CCN(c3ncccn3)CC2)c(C)n1Cc1ccc(F)cc1. The van der Waals surface area contributed by atoms with Crippen LogP contribution in [0.3, 0.4) is 0 Å². The fourth-order valence-electron chi connectivity index (χ4n) is 3.95. The van der Waals surface area contributed by atoms with Crippen molar-refractivity contribution in [3.63, 3.8) is 0 Å². The molecule has 7 heteroatoms. The van der Waals surface area contributed by atoms with Gasteiger partial charge >= 0.3 is 0 Å². The number of anilines is 1. The van der Waals surface area contributed by atoms with Gasteiger partial charge < -0.3 is 9.47 Å². The van der Waals surface area contributed by atoms with E-state index in [0.29, 0.717) is 13.1 Å². The average Bonchev–Trinajstić information content (AvgIpc) is 3.05. The van der Waals surface area contributed by atoms with Crippen molar-refractivity contribution < 1.29 is 9.18 Å². The molecule has 0 aliphatic carbocycles. The molecule has 0 radical (unpaired) electrons. The zero-order valence-electron chi connectivity index (χ0n) is 17.4. The summed E-state index contributed by atoms with van der Waals surface area (Å²) in [5.74, 6) is 0.639. The van der Waals surface area contributed by atoms with E-state index in [1.165, 1.54) is 12.1 Å². The highest BCUT2D eigenvalue weighted by Crippen LogP contribution is 2.19. The first kappa shape index (κ1) is 20.2. The van der Waals surface area contributed by atoms with Crippen LogP contribution in [-0.2, 0) is 6.54 Å². The molecule has 0 saturated carbocycles. The molecular weight excluding hydrogens is 381 g/mol. The number of hydrogen-bond donors (Lipinski definition) is 0. The van der Waals surface area contributed by atoms with Gasteiger partial charge in [-0.25, -0.2) is 14.4 Å². The van der Waals surface area contributed by atoms with Crippen LogP contribution >= 0.6 is 0 Å². The molecule has 0 amide bonds. The minimum Gasteiger partial charge on any atom is -0.344 e. The third kappa shape index (κ3) is 4.41. The van der Waals surface area contributed by atoms with E-state index in [4.69, 9.17) is 0 Å². The number of halogens is 1. The molecule has 156 valence electrons. The predicted octanol–water partition coefficient (Wildman–Crippen LogP) is 3.09. The lowest BCUT2D eigenvalue weighted by atomic mass is 10.1. The second-order valence-corrected chi connectivity index (χ2v) is 7.73. The van der Waals surface area contributed by atoms with E-state index in [1.807, 2.05) is 26.0 Å². The average molecular weight is 407 g/mol. The minimum atomic E-state index is -0.241. The van der Waals surface area contributed by atoms with E-state index in [-0.39, 0.29) is 11.6 Å². The Labute approximate surface area is 176 Å². The molecule has 0 N–H and O–H groups in total. The van der Waals surface area contributed by atoms with Crippen LogP contribution in [0.5, 0.6) is 0 Å². The maximum absolute atomic E-state index is 13.2. The molecule has 1 fully saturated rings. The Hall–Kier alpha value is -3.06. The van der Waals surface area contributed by atoms with E-state index in [9.17, 15) is 9.18 Å². The molecule has 2 aromatic heterocycles. The molecule has 3 aromatic rings. The number of hydrogen-bond acceptors (Lipinski definition) is 5. The first-order valence-corrected chi connectivity index (χ1v) is 10.2. The Bertz CT molecular complexity index is 1010. The van der Waals surface area contributed by atoms with Gasteiger partial charge in [-0.05, 0) is 43.7 Å². The number of carbonyl (C=O) groups excluding carboxylic acids is 1. The van der Waals surface area contributed by atoms with Gasteiger partial charge in [0.1, 0.15) is 5.82 Å². The third-order valence-corrected chi connectivity index (χ3v) is 5.70. The molecule has 4 rings (SSSR count). The maximum atomic E-state index is 13.2. The normalized spacial score (nSPS) is 14.8. The van der Waals surface area contributed by atoms with Gasteiger partial charge in [-0.15, -0.1) is 0 Å². The zero-order chi connectivity index (χ0) is 21.1. The Morgan fingerprint density at radius 3 is 2.37 bits per heavy atom. The minimum absolute atomic E-state index is 0.137. The number of benzene rings is 1. The van der Waals surface area contributed by atoms with Gasteiger partial charge in [-0.3, -0.25) is 9.69 Å². The molecule has 1 aromatic carbocycles. The molecule has 6 nitrogen and oxygen atoms in total. The zero-order valence-corrected chi connectivity index (χ0v) is 17.4. The lowest BCUT2D eigenvalue weighted by molar-refractivity contribution is 0.0925. The summed E-state index contributed by atoms with van der Waals surface area (Å²) >= 11 is 0. The van der Waals surface area contributed by atoms with Gasteiger partial charge in [0.2, 0.25) is 5.95 Å². The molecular formula is C23H26FN5O. The fourth-order valence-corrected chi connectivity index (χ4v) is 3.95. The van der Waals surface area contributed by atoms with Gasteiger partial charge in [-0.1, -0.05) is 12.1 Å². The Morgan fingerprint density at radius 2 is 1.70 bits per heavy atom. The highest BCUT2D eigenvalue weighted by molar-refractivity contribution is 5.99. The summed E-state index contributed by atoms with van der Waals surface area (Å²) in [6.45, 7) is 8.24. The summed E-state index contributed by atoms with van der Waals surface area (Å²) in [5.41, 5.74) is 3.77. The summed E-state index contributed by atoms with van der Waals surface area (Å²) in [6.07, 6.45) is 3.50. The monoisotopic (exact) mass is 407 g/mol. The van der Waals surface area contributed by atoms with Crippen molar-refractivity contribution in [2.24, 2.45) is 0 Å². The van der Waals surface area contributed by atoms with Crippen LogP contribution in [0, 0.1) is 19.7 Å². The topological polar surface area (TPSA) is 54.3 Å². The van der Waals surface area contributed by atoms with Crippen LogP contribution in [0.2, 0.25) is 0 Å². The number of nitrogens with zero attached hydrogens (tertiary/aromatic N) is 5. The first-order valence-electron chi connectivity index (χ1n) is 10.2. The van der Waals surface area contributed by atoms with Gasteiger partial charge in [0.25, 0.3) is 0 Å². The molecule has 3 heterocycles. The Kier molecular flexibility index (Phi) is 5.90. The molecule has 1 aliphatic rings. The molecule has 0 unspecified atom stereocenters. The van der Waals surface area contributed by atoms with Gasteiger partial charge in [0.15, 0.2) is 5.78 Å². The number of aromatic nitrogens is 3. The summed E-state index contributed by atoms with van der Waals surface area (Å²) in [5, 5.41) is 0. The second-order valence-electron chi connectivity index (χ2n) is 7.73. The number of piperazine rings is 1. The van der Waals surface area contributed by atoms with Crippen LogP contribution in [0.25, 0.3) is 0 Å². The van der Waals surface area contributed by atoms with Crippen molar-refractivity contribution in [2.75, 3.05) is 37.6 Å². The quantitative estimate of drug-likeness (QED) is 0.588. The van der Waals surface area contributed by atoms with Crippen LogP contribution in [-0.4, -0.2) is 57.9 Å². The van der Waals surface area contributed by atoms with Gasteiger partial charge in [0.05, 0.1) is 6.54 Å².